The predicted octanol–water partition coefficient (Wildman–Crippen LogP) is 2.13. The second-order valence-corrected chi connectivity index (χ2v) is 7.84. The van der Waals surface area contributed by atoms with Gasteiger partial charge in [0, 0.05) is 25.1 Å². The molecule has 0 saturated carbocycles. The van der Waals surface area contributed by atoms with Crippen LogP contribution in [-0.4, -0.2) is 57.1 Å². The Kier molecular flexibility index (Phi) is 6.00. The number of carbonyl (C=O) groups excluding carboxylic acids is 3. The summed E-state index contributed by atoms with van der Waals surface area (Å²) >= 11 is 0. The lowest BCUT2D eigenvalue weighted by molar-refractivity contribution is -0.153. The summed E-state index contributed by atoms with van der Waals surface area (Å²) in [6, 6.07) is 14.6. The molecule has 2 aromatic carbocycles. The van der Waals surface area contributed by atoms with Crippen molar-refractivity contribution in [2.24, 2.45) is 0 Å². The number of aromatic nitrogens is 4. The maximum Gasteiger partial charge on any atom is 0.328 e. The van der Waals surface area contributed by atoms with Gasteiger partial charge in [0.05, 0.1) is 18.3 Å². The molecular formula is C24H20N6O6. The Balaban J connectivity index is 1.33. The van der Waals surface area contributed by atoms with Gasteiger partial charge in [0.1, 0.15) is 17.2 Å². The lowest BCUT2D eigenvalue weighted by Crippen LogP contribution is -2.69. The molecule has 1 aliphatic heterocycles. The SMILES string of the molecule is COCCC1(Oc2ccc(Oc3ccc4c(cnn4-c4cccnn4)c3)cc2)C(=O)NC(=O)NC1=O. The number of nitrogens with one attached hydrogen (secondary N) is 2. The fourth-order valence-electron chi connectivity index (χ4n) is 3.74. The number of barbiturate groups is 1. The van der Waals surface area contributed by atoms with E-state index in [1.807, 2.05) is 18.2 Å². The Morgan fingerprint density at radius 3 is 2.36 bits per heavy atom. The fraction of sp³-hybridized carbons (Fsp3) is 0.167. The maximum atomic E-state index is 12.5. The first kappa shape index (κ1) is 22.9. The van der Waals surface area contributed by atoms with Crippen molar-refractivity contribution in [2.75, 3.05) is 13.7 Å². The molecule has 2 aromatic heterocycles. The molecule has 0 unspecified atom stereocenters. The highest BCUT2D eigenvalue weighted by molar-refractivity contribution is 6.21. The van der Waals surface area contributed by atoms with Crippen molar-refractivity contribution in [3.8, 4) is 23.1 Å². The quantitative estimate of drug-likeness (QED) is 0.356. The van der Waals surface area contributed by atoms with Crippen molar-refractivity contribution in [3.63, 3.8) is 0 Å². The Morgan fingerprint density at radius 2 is 1.67 bits per heavy atom. The van der Waals surface area contributed by atoms with Crippen LogP contribution < -0.4 is 20.1 Å². The first-order valence-electron chi connectivity index (χ1n) is 10.9. The van der Waals surface area contributed by atoms with Crippen LogP contribution in [0.5, 0.6) is 17.2 Å². The average molecular weight is 488 g/mol. The van der Waals surface area contributed by atoms with Gasteiger partial charge < -0.3 is 14.2 Å². The zero-order chi connectivity index (χ0) is 25.1. The van der Waals surface area contributed by atoms with E-state index in [1.165, 1.54) is 7.11 Å². The smallest absolute Gasteiger partial charge is 0.328 e. The number of imide groups is 2. The summed E-state index contributed by atoms with van der Waals surface area (Å²) in [6.07, 6.45) is 3.21. The minimum atomic E-state index is -1.94. The molecular weight excluding hydrogens is 468 g/mol. The largest absolute Gasteiger partial charge is 0.467 e. The van der Waals surface area contributed by atoms with Gasteiger partial charge in [-0.2, -0.15) is 10.2 Å². The molecule has 4 amide bonds. The van der Waals surface area contributed by atoms with Gasteiger partial charge in [0.2, 0.25) is 0 Å². The average Bonchev–Trinajstić information content (AvgIpc) is 3.30. The van der Waals surface area contributed by atoms with Crippen molar-refractivity contribution in [2.45, 2.75) is 12.0 Å². The second kappa shape index (κ2) is 9.43. The van der Waals surface area contributed by atoms with Gasteiger partial charge in [-0.1, -0.05) is 0 Å². The van der Waals surface area contributed by atoms with Crippen LogP contribution in [0.2, 0.25) is 0 Å². The van der Waals surface area contributed by atoms with Crippen LogP contribution in [0.1, 0.15) is 6.42 Å². The van der Waals surface area contributed by atoms with Gasteiger partial charge in [0.15, 0.2) is 5.82 Å². The number of ether oxygens (including phenoxy) is 3. The van der Waals surface area contributed by atoms with Crippen molar-refractivity contribution in [1.82, 2.24) is 30.6 Å². The van der Waals surface area contributed by atoms with Crippen LogP contribution in [0.4, 0.5) is 4.79 Å². The van der Waals surface area contributed by atoms with E-state index in [0.717, 1.165) is 10.9 Å². The fourth-order valence-corrected chi connectivity index (χ4v) is 3.74. The third-order valence-corrected chi connectivity index (χ3v) is 5.51. The molecule has 1 aliphatic rings. The van der Waals surface area contributed by atoms with E-state index < -0.39 is 23.4 Å². The van der Waals surface area contributed by atoms with Gasteiger partial charge in [-0.25, -0.2) is 9.48 Å². The molecule has 1 saturated heterocycles. The van der Waals surface area contributed by atoms with E-state index in [4.69, 9.17) is 14.2 Å². The second-order valence-electron chi connectivity index (χ2n) is 7.84. The highest BCUT2D eigenvalue weighted by Gasteiger charge is 2.52. The molecule has 4 aromatic rings. The molecule has 1 fully saturated rings. The van der Waals surface area contributed by atoms with Gasteiger partial charge in [-0.3, -0.25) is 20.2 Å². The highest BCUT2D eigenvalue weighted by atomic mass is 16.5. The topological polar surface area (TPSA) is 147 Å². The first-order valence-corrected chi connectivity index (χ1v) is 10.9. The van der Waals surface area contributed by atoms with E-state index in [0.29, 0.717) is 17.3 Å². The third-order valence-electron chi connectivity index (χ3n) is 5.51. The van der Waals surface area contributed by atoms with E-state index in [-0.39, 0.29) is 18.8 Å². The van der Waals surface area contributed by atoms with Gasteiger partial charge in [0.25, 0.3) is 17.4 Å². The number of rotatable bonds is 8. The van der Waals surface area contributed by atoms with Crippen molar-refractivity contribution >= 4 is 28.7 Å². The van der Waals surface area contributed by atoms with Crippen molar-refractivity contribution in [1.29, 1.82) is 0 Å². The van der Waals surface area contributed by atoms with Crippen LogP contribution in [-0.2, 0) is 14.3 Å². The normalized spacial score (nSPS) is 14.9. The zero-order valence-corrected chi connectivity index (χ0v) is 19.0. The molecule has 0 bridgehead atoms. The number of amides is 4. The van der Waals surface area contributed by atoms with Gasteiger partial charge >= 0.3 is 6.03 Å². The highest BCUT2D eigenvalue weighted by Crippen LogP contribution is 2.30. The predicted molar refractivity (Wildman–Crippen MR) is 125 cm³/mol. The summed E-state index contributed by atoms with van der Waals surface area (Å²) in [6.45, 7) is 0.0616. The molecule has 0 radical (unpaired) electrons. The minimum absolute atomic E-state index is 0.0616. The summed E-state index contributed by atoms with van der Waals surface area (Å²) in [5.74, 6) is 0.203. The van der Waals surface area contributed by atoms with Crippen LogP contribution in [0, 0.1) is 0 Å². The minimum Gasteiger partial charge on any atom is -0.467 e. The molecule has 0 atom stereocenters. The lowest BCUT2D eigenvalue weighted by atomic mass is 9.95. The van der Waals surface area contributed by atoms with Gasteiger partial charge in [-0.05, 0) is 54.6 Å². The molecule has 182 valence electrons. The summed E-state index contributed by atoms with van der Waals surface area (Å²) in [7, 11) is 1.43. The number of hydrogen-bond donors (Lipinski definition) is 2. The molecule has 12 nitrogen and oxygen atoms in total. The molecule has 36 heavy (non-hydrogen) atoms. The first-order chi connectivity index (χ1) is 17.5. The van der Waals surface area contributed by atoms with Crippen LogP contribution in [0.25, 0.3) is 16.7 Å². The Hall–Kier alpha value is -4.84. The number of carbonyl (C=O) groups is 3. The standard InChI is InChI=1S/C24H20N6O6/c1-34-12-10-24(21(31)27-23(33)28-22(24)32)36-17-6-4-16(5-7-17)35-18-8-9-19-15(13-18)14-26-30(19)20-3-2-11-25-29-20/h2-9,11,13-14H,10,12H2,1H3,(H2,27,28,31,32,33). The van der Waals surface area contributed by atoms with Crippen LogP contribution in [0.15, 0.2) is 67.0 Å². The lowest BCUT2D eigenvalue weighted by Gasteiger charge is -2.34. The molecule has 0 aliphatic carbocycles. The number of fused-ring (bicyclic) bond motifs is 1. The van der Waals surface area contributed by atoms with E-state index in [1.54, 1.807) is 53.5 Å². The Labute approximate surface area is 204 Å². The Bertz CT molecular complexity index is 1420. The molecule has 0 spiro atoms. The number of methoxy groups -OCH3 is 1. The third kappa shape index (κ3) is 4.32. The van der Waals surface area contributed by atoms with Gasteiger partial charge in [-0.15, -0.1) is 5.10 Å². The van der Waals surface area contributed by atoms with Crippen LogP contribution in [0.3, 0.4) is 0 Å². The monoisotopic (exact) mass is 488 g/mol. The molecule has 5 rings (SSSR count). The number of nitrogens with zero attached hydrogens (tertiary/aromatic N) is 4. The molecule has 2 N–H and O–H groups in total. The molecule has 3 heterocycles. The summed E-state index contributed by atoms with van der Waals surface area (Å²) in [5, 5.41) is 17.3. The maximum absolute atomic E-state index is 12.5. The zero-order valence-electron chi connectivity index (χ0n) is 19.0. The van der Waals surface area contributed by atoms with Crippen molar-refractivity contribution < 1.29 is 28.6 Å². The van der Waals surface area contributed by atoms with E-state index >= 15 is 0 Å². The number of hydrogen-bond acceptors (Lipinski definition) is 9. The number of urea groups is 1. The number of benzene rings is 2. The summed E-state index contributed by atoms with van der Waals surface area (Å²) in [5.41, 5.74) is -1.10. The molecule has 12 heteroatoms. The Morgan fingerprint density at radius 1 is 0.944 bits per heavy atom. The van der Waals surface area contributed by atoms with E-state index in [2.05, 4.69) is 25.9 Å². The summed E-state index contributed by atoms with van der Waals surface area (Å²) < 4.78 is 18.4. The summed E-state index contributed by atoms with van der Waals surface area (Å²) in [4.78, 5) is 36.6. The van der Waals surface area contributed by atoms with E-state index in [9.17, 15) is 14.4 Å². The van der Waals surface area contributed by atoms with Crippen molar-refractivity contribution in [3.05, 3.63) is 67.0 Å². The van der Waals surface area contributed by atoms with Crippen LogP contribution >= 0.6 is 0 Å².